The van der Waals surface area contributed by atoms with Gasteiger partial charge in [-0.1, -0.05) is 77.8 Å². The molecule has 0 radical (unpaired) electrons. The number of nitrogens with one attached hydrogen (secondary N) is 1. The average molecular weight is 572 g/mol. The molecule has 3 aromatic carbocycles. The fourth-order valence-electron chi connectivity index (χ4n) is 4.67. The summed E-state index contributed by atoms with van der Waals surface area (Å²) in [5, 5.41) is 3.03. The third-order valence-electron chi connectivity index (χ3n) is 6.31. The van der Waals surface area contributed by atoms with E-state index >= 15 is 0 Å². The number of nitrogens with zero attached hydrogens (tertiary/aromatic N) is 1. The quantitative estimate of drug-likeness (QED) is 0.308. The fourth-order valence-corrected chi connectivity index (χ4v) is 7.03. The molecule has 0 atom stereocenters. The van der Waals surface area contributed by atoms with Crippen LogP contribution in [0.25, 0.3) is 0 Å². The average Bonchev–Trinajstić information content (AvgIpc) is 2.82. The second-order valence-corrected chi connectivity index (χ2v) is 11.9. The summed E-state index contributed by atoms with van der Waals surface area (Å²) >= 11 is 3.55. The van der Waals surface area contributed by atoms with E-state index in [1.165, 1.54) is 4.31 Å². The van der Waals surface area contributed by atoms with Crippen molar-refractivity contribution in [3.8, 4) is 0 Å². The second kappa shape index (κ2) is 12.2. The summed E-state index contributed by atoms with van der Waals surface area (Å²) in [6, 6.07) is 17.5. The van der Waals surface area contributed by atoms with Crippen LogP contribution in [0.15, 0.2) is 64.0 Å². The molecule has 0 heterocycles. The molecule has 1 amide bonds. The molecular formula is C29H35BrN2O3S. The maximum absolute atomic E-state index is 13.9. The third kappa shape index (κ3) is 6.64. The van der Waals surface area contributed by atoms with Gasteiger partial charge in [0.25, 0.3) is 0 Å². The first-order valence-electron chi connectivity index (χ1n) is 12.3. The van der Waals surface area contributed by atoms with Crippen molar-refractivity contribution in [3.63, 3.8) is 0 Å². The van der Waals surface area contributed by atoms with Gasteiger partial charge < -0.3 is 5.32 Å². The van der Waals surface area contributed by atoms with E-state index < -0.39 is 10.0 Å². The number of sulfonamides is 1. The molecule has 192 valence electrons. The Morgan fingerprint density at radius 3 is 2.00 bits per heavy atom. The number of rotatable bonds is 10. The Kier molecular flexibility index (Phi) is 9.50. The molecule has 0 spiro atoms. The maximum atomic E-state index is 13.9. The molecule has 3 aromatic rings. The van der Waals surface area contributed by atoms with Crippen molar-refractivity contribution in [1.82, 2.24) is 4.31 Å². The highest BCUT2D eigenvalue weighted by Gasteiger charge is 2.30. The minimum absolute atomic E-state index is 0.203. The minimum atomic E-state index is -3.91. The van der Waals surface area contributed by atoms with Crippen molar-refractivity contribution < 1.29 is 13.2 Å². The Morgan fingerprint density at radius 1 is 0.917 bits per heavy atom. The van der Waals surface area contributed by atoms with Crippen LogP contribution in [0, 0.1) is 20.8 Å². The number of hydrogen-bond donors (Lipinski definition) is 1. The van der Waals surface area contributed by atoms with E-state index in [0.717, 1.165) is 45.3 Å². The summed E-state index contributed by atoms with van der Waals surface area (Å²) in [7, 11) is -3.91. The van der Waals surface area contributed by atoms with Crippen molar-refractivity contribution >= 4 is 37.5 Å². The molecule has 0 fully saturated rings. The maximum Gasteiger partial charge on any atom is 0.244 e. The Labute approximate surface area is 224 Å². The molecule has 3 rings (SSSR count). The predicted molar refractivity (Wildman–Crippen MR) is 151 cm³/mol. The van der Waals surface area contributed by atoms with Crippen LogP contribution in [0.2, 0.25) is 0 Å². The molecular weight excluding hydrogens is 536 g/mol. The molecule has 0 aromatic heterocycles. The van der Waals surface area contributed by atoms with Gasteiger partial charge in [-0.05, 0) is 80.0 Å². The lowest BCUT2D eigenvalue weighted by Gasteiger charge is -2.25. The van der Waals surface area contributed by atoms with E-state index in [1.54, 1.807) is 0 Å². The number of hydrogen-bond acceptors (Lipinski definition) is 3. The lowest BCUT2D eigenvalue weighted by Crippen LogP contribution is -2.40. The molecule has 0 aliphatic heterocycles. The number of amides is 1. The summed E-state index contributed by atoms with van der Waals surface area (Å²) < 4.78 is 30.1. The van der Waals surface area contributed by atoms with Crippen LogP contribution in [0.5, 0.6) is 0 Å². The van der Waals surface area contributed by atoms with Crippen LogP contribution in [-0.4, -0.2) is 31.7 Å². The fraction of sp³-hybridized carbons (Fsp3) is 0.345. The Hall–Kier alpha value is -2.48. The summed E-state index contributed by atoms with van der Waals surface area (Å²) in [5.41, 5.74) is 6.20. The van der Waals surface area contributed by atoms with Gasteiger partial charge in [-0.25, -0.2) is 8.42 Å². The van der Waals surface area contributed by atoms with E-state index in [9.17, 15) is 13.2 Å². The van der Waals surface area contributed by atoms with Crippen LogP contribution in [0.1, 0.15) is 47.2 Å². The standard InChI is InChI=1S/C29H35BrN2O3S/c1-6-24-17-26(30)18-25(7-2)28(24)31-27(33)19-32(14-13-23-11-9-8-10-12-23)36(34,35)29-21(4)15-20(3)16-22(29)5/h8-12,15-18H,6-7,13-14,19H2,1-5H3,(H,31,33). The second-order valence-electron chi connectivity index (χ2n) is 9.16. The molecule has 0 aliphatic rings. The molecule has 0 unspecified atom stereocenters. The van der Waals surface area contributed by atoms with Gasteiger partial charge in [-0.3, -0.25) is 4.79 Å². The van der Waals surface area contributed by atoms with Crippen LogP contribution < -0.4 is 5.32 Å². The van der Waals surface area contributed by atoms with Crippen molar-refractivity contribution in [1.29, 1.82) is 0 Å². The van der Waals surface area contributed by atoms with Crippen molar-refractivity contribution in [3.05, 3.63) is 92.5 Å². The van der Waals surface area contributed by atoms with Crippen LogP contribution in [0.4, 0.5) is 5.69 Å². The first-order chi connectivity index (χ1) is 17.1. The molecule has 0 bridgehead atoms. The number of carbonyl (C=O) groups is 1. The molecule has 7 heteroatoms. The first kappa shape index (κ1) is 28.1. The van der Waals surface area contributed by atoms with E-state index in [-0.39, 0.29) is 23.9 Å². The van der Waals surface area contributed by atoms with Gasteiger partial charge in [0.1, 0.15) is 0 Å². The number of halogens is 1. The summed E-state index contributed by atoms with van der Waals surface area (Å²) in [5.74, 6) is -0.347. The highest BCUT2D eigenvalue weighted by atomic mass is 79.9. The lowest BCUT2D eigenvalue weighted by molar-refractivity contribution is -0.116. The monoisotopic (exact) mass is 570 g/mol. The molecule has 1 N–H and O–H groups in total. The normalized spacial score (nSPS) is 11.6. The predicted octanol–water partition coefficient (Wildman–Crippen LogP) is 6.37. The van der Waals surface area contributed by atoms with Gasteiger partial charge in [0.05, 0.1) is 11.4 Å². The smallest absolute Gasteiger partial charge is 0.244 e. The van der Waals surface area contributed by atoms with Crippen molar-refractivity contribution in [2.24, 2.45) is 0 Å². The minimum Gasteiger partial charge on any atom is -0.324 e. The van der Waals surface area contributed by atoms with Gasteiger partial charge in [-0.2, -0.15) is 4.31 Å². The van der Waals surface area contributed by atoms with Crippen LogP contribution >= 0.6 is 15.9 Å². The van der Waals surface area contributed by atoms with E-state index in [1.807, 2.05) is 89.2 Å². The summed E-state index contributed by atoms with van der Waals surface area (Å²) in [4.78, 5) is 13.6. The summed E-state index contributed by atoms with van der Waals surface area (Å²) in [6.45, 7) is 9.59. The third-order valence-corrected chi connectivity index (χ3v) is 8.92. The van der Waals surface area contributed by atoms with Gasteiger partial charge in [0, 0.05) is 16.7 Å². The number of anilines is 1. The number of aryl methyl sites for hydroxylation is 5. The lowest BCUT2D eigenvalue weighted by atomic mass is 10.0. The van der Waals surface area contributed by atoms with E-state index in [0.29, 0.717) is 17.5 Å². The molecule has 5 nitrogen and oxygen atoms in total. The van der Waals surface area contributed by atoms with Crippen LogP contribution in [0.3, 0.4) is 0 Å². The highest BCUT2D eigenvalue weighted by molar-refractivity contribution is 9.10. The van der Waals surface area contributed by atoms with Gasteiger partial charge in [-0.15, -0.1) is 0 Å². The molecule has 0 saturated carbocycles. The largest absolute Gasteiger partial charge is 0.324 e. The zero-order valence-electron chi connectivity index (χ0n) is 21.7. The van der Waals surface area contributed by atoms with E-state index in [2.05, 4.69) is 21.2 Å². The van der Waals surface area contributed by atoms with Gasteiger partial charge >= 0.3 is 0 Å². The van der Waals surface area contributed by atoms with Gasteiger partial charge in [0.15, 0.2) is 0 Å². The Balaban J connectivity index is 1.96. The molecule has 0 aliphatic carbocycles. The Bertz CT molecular complexity index is 1290. The SMILES string of the molecule is CCc1cc(Br)cc(CC)c1NC(=O)CN(CCc1ccccc1)S(=O)(=O)c1c(C)cc(C)cc1C. The van der Waals surface area contributed by atoms with Gasteiger partial charge in [0.2, 0.25) is 15.9 Å². The summed E-state index contributed by atoms with van der Waals surface area (Å²) in [6.07, 6.45) is 2.01. The first-order valence-corrected chi connectivity index (χ1v) is 14.5. The zero-order chi connectivity index (χ0) is 26.5. The number of carbonyl (C=O) groups excluding carboxylic acids is 1. The topological polar surface area (TPSA) is 66.5 Å². The van der Waals surface area contributed by atoms with Crippen molar-refractivity contribution in [2.45, 2.75) is 58.8 Å². The molecule has 0 saturated heterocycles. The van der Waals surface area contributed by atoms with Crippen molar-refractivity contribution in [2.75, 3.05) is 18.4 Å². The number of benzene rings is 3. The highest BCUT2D eigenvalue weighted by Crippen LogP contribution is 2.29. The zero-order valence-corrected chi connectivity index (χ0v) is 24.1. The van der Waals surface area contributed by atoms with Crippen LogP contribution in [-0.2, 0) is 34.1 Å². The Morgan fingerprint density at radius 2 is 1.47 bits per heavy atom. The van der Waals surface area contributed by atoms with E-state index in [4.69, 9.17) is 0 Å². The molecule has 36 heavy (non-hydrogen) atoms.